The second kappa shape index (κ2) is 12.0. The average Bonchev–Trinajstić information content (AvgIpc) is 2.91. The molecule has 2 aliphatic rings. The van der Waals surface area contributed by atoms with Crippen LogP contribution in [0.4, 0.5) is 18.9 Å². The summed E-state index contributed by atoms with van der Waals surface area (Å²) in [7, 11) is 0. The number of nitrogens with zero attached hydrogens (tertiary/aromatic N) is 3. The predicted octanol–water partition coefficient (Wildman–Crippen LogP) is 6.15. The molecule has 10 heteroatoms. The van der Waals surface area contributed by atoms with Gasteiger partial charge in [-0.15, -0.1) is 0 Å². The fraction of sp³-hybridized carbons (Fsp3) is 0.567. The highest BCUT2D eigenvalue weighted by molar-refractivity contribution is 5.76. The van der Waals surface area contributed by atoms with Gasteiger partial charge in [0.05, 0.1) is 4.92 Å². The Labute approximate surface area is 233 Å². The predicted molar refractivity (Wildman–Crippen MR) is 144 cm³/mol. The molecule has 216 valence electrons. The largest absolute Gasteiger partial charge is 0.490 e. The van der Waals surface area contributed by atoms with Crippen molar-refractivity contribution in [3.05, 3.63) is 69.3 Å². The molecule has 0 aliphatic carbocycles. The summed E-state index contributed by atoms with van der Waals surface area (Å²) < 4.78 is 45.5. The van der Waals surface area contributed by atoms with Crippen LogP contribution in [-0.2, 0) is 16.4 Å². The van der Waals surface area contributed by atoms with Crippen LogP contribution < -0.4 is 4.74 Å². The Kier molecular flexibility index (Phi) is 8.93. The number of carbonyl (C=O) groups is 1. The highest BCUT2D eigenvalue weighted by Crippen LogP contribution is 2.38. The van der Waals surface area contributed by atoms with Crippen LogP contribution in [0.15, 0.2) is 30.3 Å². The first kappa shape index (κ1) is 29.7. The molecule has 2 aromatic carbocycles. The van der Waals surface area contributed by atoms with Crippen molar-refractivity contribution in [2.75, 3.05) is 32.7 Å². The van der Waals surface area contributed by atoms with E-state index >= 15 is 0 Å². The number of amides is 1. The molecule has 0 atom stereocenters. The summed E-state index contributed by atoms with van der Waals surface area (Å²) in [6, 6.07) is 13.7. The van der Waals surface area contributed by atoms with Crippen molar-refractivity contribution in [1.82, 2.24) is 9.80 Å². The van der Waals surface area contributed by atoms with Gasteiger partial charge in [-0.25, -0.2) is 0 Å². The Balaban J connectivity index is 1.19. The number of piperidine rings is 2. The van der Waals surface area contributed by atoms with Gasteiger partial charge in [0, 0.05) is 56.1 Å². The van der Waals surface area contributed by atoms with Gasteiger partial charge < -0.3 is 14.5 Å². The number of nitro benzene ring substituents is 1. The van der Waals surface area contributed by atoms with Gasteiger partial charge in [-0.05, 0) is 61.5 Å². The molecule has 4 rings (SSSR count). The van der Waals surface area contributed by atoms with Gasteiger partial charge >= 0.3 is 6.18 Å². The first-order chi connectivity index (χ1) is 18.8. The molecule has 0 saturated carbocycles. The molecular weight excluding hydrogens is 523 g/mol. The molecule has 7 nitrogen and oxygen atoms in total. The van der Waals surface area contributed by atoms with E-state index in [-0.39, 0.29) is 23.2 Å². The Morgan fingerprint density at radius 2 is 1.70 bits per heavy atom. The van der Waals surface area contributed by atoms with Gasteiger partial charge in [0.25, 0.3) is 5.69 Å². The molecular formula is C30H36F3N3O4. The van der Waals surface area contributed by atoms with Crippen LogP contribution in [-0.4, -0.2) is 59.5 Å². The lowest BCUT2D eigenvalue weighted by atomic mass is 9.85. The zero-order valence-electron chi connectivity index (χ0n) is 23.2. The fourth-order valence-electron chi connectivity index (χ4n) is 5.34. The van der Waals surface area contributed by atoms with E-state index in [0.717, 1.165) is 37.6 Å². The topological polar surface area (TPSA) is 75.9 Å². The maximum atomic E-state index is 13.2. The van der Waals surface area contributed by atoms with Gasteiger partial charge in [0.15, 0.2) is 0 Å². The second-order valence-electron chi connectivity index (χ2n) is 11.7. The van der Waals surface area contributed by atoms with Crippen molar-refractivity contribution >= 4 is 11.6 Å². The van der Waals surface area contributed by atoms with Gasteiger partial charge in [0.2, 0.25) is 5.91 Å². The molecule has 0 unspecified atom stereocenters. The number of likely N-dealkylation sites (tertiary alicyclic amines) is 2. The molecule has 2 aromatic rings. The molecule has 2 heterocycles. The monoisotopic (exact) mass is 559 g/mol. The molecule has 1 amide bonds. The van der Waals surface area contributed by atoms with Crippen molar-refractivity contribution in [3.8, 4) is 5.75 Å². The normalized spacial score (nSPS) is 17.9. The quantitative estimate of drug-likeness (QED) is 0.300. The highest BCUT2D eigenvalue weighted by atomic mass is 19.4. The Morgan fingerprint density at radius 3 is 2.25 bits per heavy atom. The van der Waals surface area contributed by atoms with Gasteiger partial charge in [0.1, 0.15) is 17.4 Å². The molecule has 0 bridgehead atoms. The Bertz CT molecular complexity index is 1180. The maximum Gasteiger partial charge on any atom is 0.423 e. The minimum atomic E-state index is -4.86. The van der Waals surface area contributed by atoms with Crippen LogP contribution in [0.25, 0.3) is 0 Å². The second-order valence-corrected chi connectivity index (χ2v) is 11.7. The smallest absolute Gasteiger partial charge is 0.423 e. The first-order valence-corrected chi connectivity index (χ1v) is 13.8. The van der Waals surface area contributed by atoms with E-state index in [4.69, 9.17) is 4.74 Å². The summed E-state index contributed by atoms with van der Waals surface area (Å²) >= 11 is 0. The molecule has 2 saturated heterocycles. The number of carbonyl (C=O) groups excluding carboxylic acids is 1. The SMILES string of the molecule is CC(C)(C)c1c#cc(C2CCN(CCC(=O)N3CCC(Oc4ccc([N+](=O)[O-])c(C(F)(F)F)c4)CC3)CC2)cc1. The van der Waals surface area contributed by atoms with Gasteiger partial charge in [-0.2, -0.15) is 13.2 Å². The number of hydrogen-bond acceptors (Lipinski definition) is 5. The summed E-state index contributed by atoms with van der Waals surface area (Å²) in [5.74, 6) is 0.460. The Morgan fingerprint density at radius 1 is 1.02 bits per heavy atom. The average molecular weight is 560 g/mol. The minimum absolute atomic E-state index is 0.0566. The van der Waals surface area contributed by atoms with Crippen LogP contribution in [0, 0.1) is 22.2 Å². The zero-order valence-corrected chi connectivity index (χ0v) is 23.2. The van der Waals surface area contributed by atoms with Crippen LogP contribution >= 0.6 is 0 Å². The third kappa shape index (κ3) is 7.45. The molecule has 0 N–H and O–H groups in total. The number of rotatable bonds is 7. The van der Waals surface area contributed by atoms with Crippen LogP contribution in [0.1, 0.15) is 75.5 Å². The molecule has 0 aromatic heterocycles. The molecule has 2 aliphatic heterocycles. The lowest BCUT2D eigenvalue weighted by Crippen LogP contribution is -2.43. The summed E-state index contributed by atoms with van der Waals surface area (Å²) in [5.41, 5.74) is 0.0840. The number of nitro groups is 1. The number of ether oxygens (including phenoxy) is 1. The lowest BCUT2D eigenvalue weighted by molar-refractivity contribution is -0.388. The zero-order chi connectivity index (χ0) is 29.1. The van der Waals surface area contributed by atoms with Crippen molar-refractivity contribution < 1.29 is 27.6 Å². The summed E-state index contributed by atoms with van der Waals surface area (Å²) in [5, 5.41) is 11.0. The molecule has 40 heavy (non-hydrogen) atoms. The highest BCUT2D eigenvalue weighted by Gasteiger charge is 2.39. The van der Waals surface area contributed by atoms with Crippen molar-refractivity contribution in [2.45, 2.75) is 76.5 Å². The number of benzene rings is 1. The van der Waals surface area contributed by atoms with E-state index in [1.165, 1.54) is 11.6 Å². The van der Waals surface area contributed by atoms with Crippen LogP contribution in [0.2, 0.25) is 0 Å². The van der Waals surface area contributed by atoms with E-state index in [9.17, 15) is 28.1 Å². The molecule has 2 fully saturated rings. The van der Waals surface area contributed by atoms with Gasteiger partial charge in [-0.1, -0.05) is 32.9 Å². The molecule has 0 spiro atoms. The van der Waals surface area contributed by atoms with Gasteiger partial charge in [-0.3, -0.25) is 14.9 Å². The number of alkyl halides is 3. The summed E-state index contributed by atoms with van der Waals surface area (Å²) in [6.07, 6.45) is -1.79. The van der Waals surface area contributed by atoms with Crippen molar-refractivity contribution in [1.29, 1.82) is 0 Å². The third-order valence-electron chi connectivity index (χ3n) is 7.82. The van der Waals surface area contributed by atoms with Crippen LogP contribution in [0.3, 0.4) is 0 Å². The lowest BCUT2D eigenvalue weighted by Gasteiger charge is -2.34. The standard InChI is InChI=1S/C30H36F3N3O4/c1-29(2,3)23-6-4-21(5-7-23)22-10-15-34(16-11-22)17-14-28(37)35-18-12-24(13-19-35)40-25-8-9-27(36(38)39)26(20-25)30(31,32)33/h4,6,8-9,20,22,24H,10-19H2,1-3H3. The Hall–Kier alpha value is -3.32. The molecule has 0 radical (unpaired) electrons. The number of hydrogen-bond donors (Lipinski definition) is 0. The fourth-order valence-corrected chi connectivity index (χ4v) is 5.34. The minimum Gasteiger partial charge on any atom is -0.490 e. The maximum absolute atomic E-state index is 13.2. The number of halogens is 3. The van der Waals surface area contributed by atoms with E-state index in [2.05, 4.69) is 49.9 Å². The third-order valence-corrected chi connectivity index (χ3v) is 7.82. The van der Waals surface area contributed by atoms with Crippen molar-refractivity contribution in [2.24, 2.45) is 0 Å². The van der Waals surface area contributed by atoms with Crippen molar-refractivity contribution in [3.63, 3.8) is 0 Å². The summed E-state index contributed by atoms with van der Waals surface area (Å²) in [6.45, 7) is 9.98. The first-order valence-electron chi connectivity index (χ1n) is 13.8. The van der Waals surface area contributed by atoms with E-state index < -0.39 is 22.4 Å². The van der Waals surface area contributed by atoms with E-state index in [0.29, 0.717) is 50.9 Å². The van der Waals surface area contributed by atoms with E-state index in [1.54, 1.807) is 4.90 Å². The van der Waals surface area contributed by atoms with E-state index in [1.807, 2.05) is 0 Å². The van der Waals surface area contributed by atoms with Crippen LogP contribution in [0.5, 0.6) is 5.75 Å². The summed E-state index contributed by atoms with van der Waals surface area (Å²) in [4.78, 5) is 26.8.